The summed E-state index contributed by atoms with van der Waals surface area (Å²) in [5.74, 6) is -0.847. The van der Waals surface area contributed by atoms with Gasteiger partial charge in [-0.3, -0.25) is 0 Å². The van der Waals surface area contributed by atoms with E-state index in [1.165, 1.54) is 13.0 Å². The molecule has 1 saturated heterocycles. The number of quaternary nitrogens is 1. The fourth-order valence-electron chi connectivity index (χ4n) is 3.05. The van der Waals surface area contributed by atoms with Gasteiger partial charge in [-0.15, -0.1) is 0 Å². The first-order valence-corrected chi connectivity index (χ1v) is 7.37. The average Bonchev–Trinajstić information content (AvgIpc) is 2.39. The number of piperazine rings is 1. The van der Waals surface area contributed by atoms with Crippen LogP contribution in [0.15, 0.2) is 18.2 Å². The molecular formula is C16H25N2O2+. The summed E-state index contributed by atoms with van der Waals surface area (Å²) < 4.78 is 1.15. The highest BCUT2D eigenvalue weighted by atomic mass is 16.4. The molecule has 1 heterocycles. The number of aryl methyl sites for hydroxylation is 1. The molecule has 0 saturated carbocycles. The van der Waals surface area contributed by atoms with Crippen LogP contribution in [0.1, 0.15) is 29.3 Å². The summed E-state index contributed by atoms with van der Waals surface area (Å²) >= 11 is 0. The Morgan fingerprint density at radius 3 is 2.50 bits per heavy atom. The van der Waals surface area contributed by atoms with Crippen LogP contribution in [-0.4, -0.2) is 55.3 Å². The van der Waals surface area contributed by atoms with E-state index in [0.717, 1.165) is 41.9 Å². The molecule has 1 aliphatic rings. The molecule has 0 unspecified atom stereocenters. The van der Waals surface area contributed by atoms with Crippen molar-refractivity contribution in [1.29, 1.82) is 0 Å². The number of carbonyl (C=O) groups is 1. The molecule has 20 heavy (non-hydrogen) atoms. The summed E-state index contributed by atoms with van der Waals surface area (Å²) in [6.45, 7) is 9.76. The third-order valence-corrected chi connectivity index (χ3v) is 4.39. The lowest BCUT2D eigenvalue weighted by molar-refractivity contribution is -0.910. The van der Waals surface area contributed by atoms with Crippen molar-refractivity contribution in [2.24, 2.45) is 0 Å². The number of benzene rings is 1. The molecule has 4 nitrogen and oxygen atoms in total. The van der Waals surface area contributed by atoms with Gasteiger partial charge in [-0.2, -0.15) is 0 Å². The largest absolute Gasteiger partial charge is 0.478 e. The van der Waals surface area contributed by atoms with Crippen LogP contribution >= 0.6 is 0 Å². The summed E-state index contributed by atoms with van der Waals surface area (Å²) in [4.78, 5) is 13.4. The van der Waals surface area contributed by atoms with Gasteiger partial charge in [0.25, 0.3) is 0 Å². The number of hydrogen-bond acceptors (Lipinski definition) is 2. The number of aromatic carboxylic acids is 1. The molecular weight excluding hydrogens is 252 g/mol. The van der Waals surface area contributed by atoms with Gasteiger partial charge in [0.1, 0.15) is 0 Å². The molecule has 1 fully saturated rings. The van der Waals surface area contributed by atoms with Crippen LogP contribution < -0.4 is 4.90 Å². The number of hydrogen-bond donors (Lipinski definition) is 1. The summed E-state index contributed by atoms with van der Waals surface area (Å²) in [6, 6.07) is 5.66. The minimum absolute atomic E-state index is 0.400. The topological polar surface area (TPSA) is 40.5 Å². The fourth-order valence-corrected chi connectivity index (χ4v) is 3.05. The van der Waals surface area contributed by atoms with Crippen molar-refractivity contribution in [2.75, 3.05) is 44.7 Å². The summed E-state index contributed by atoms with van der Waals surface area (Å²) in [5.41, 5.74) is 2.39. The third kappa shape index (κ3) is 3.12. The second-order valence-corrected chi connectivity index (χ2v) is 6.08. The van der Waals surface area contributed by atoms with Gasteiger partial charge < -0.3 is 14.5 Å². The lowest BCUT2D eigenvalue weighted by atomic mass is 10.1. The maximum Gasteiger partial charge on any atom is 0.335 e. The van der Waals surface area contributed by atoms with Crippen molar-refractivity contribution in [3.05, 3.63) is 29.3 Å². The molecule has 1 aromatic rings. The molecule has 0 bridgehead atoms. The second-order valence-electron chi connectivity index (χ2n) is 6.08. The van der Waals surface area contributed by atoms with E-state index in [9.17, 15) is 4.79 Å². The Hall–Kier alpha value is -1.55. The van der Waals surface area contributed by atoms with Gasteiger partial charge in [0.05, 0.1) is 45.3 Å². The molecule has 4 heteroatoms. The Morgan fingerprint density at radius 1 is 1.35 bits per heavy atom. The first-order valence-electron chi connectivity index (χ1n) is 7.37. The number of nitrogens with zero attached hydrogens (tertiary/aromatic N) is 2. The minimum atomic E-state index is -0.847. The molecule has 0 aliphatic carbocycles. The molecule has 0 atom stereocenters. The van der Waals surface area contributed by atoms with Crippen LogP contribution in [0.4, 0.5) is 5.69 Å². The van der Waals surface area contributed by atoms with Crippen LogP contribution in [0.5, 0.6) is 0 Å². The van der Waals surface area contributed by atoms with E-state index < -0.39 is 5.97 Å². The Bertz CT molecular complexity index is 491. The molecule has 0 aromatic heterocycles. The second kappa shape index (κ2) is 5.83. The fraction of sp³-hybridized carbons (Fsp3) is 0.562. The van der Waals surface area contributed by atoms with E-state index in [-0.39, 0.29) is 0 Å². The first-order chi connectivity index (χ1) is 9.45. The molecule has 1 N–H and O–H groups in total. The molecule has 0 spiro atoms. The Balaban J connectivity index is 2.07. The van der Waals surface area contributed by atoms with Crippen LogP contribution in [0.25, 0.3) is 0 Å². The number of rotatable bonds is 4. The molecule has 0 amide bonds. The van der Waals surface area contributed by atoms with Crippen LogP contribution in [-0.2, 0) is 0 Å². The van der Waals surface area contributed by atoms with Gasteiger partial charge in [-0.1, -0.05) is 6.92 Å². The van der Waals surface area contributed by atoms with Crippen molar-refractivity contribution in [2.45, 2.75) is 20.3 Å². The standard InChI is InChI=1S/C16H24N2O2/c1-4-9-18(3)10-7-17(8-11-18)14-5-6-15(16(19)20)13(2)12-14/h5-6,12H,4,7-11H2,1-3H3/p+1. The highest BCUT2D eigenvalue weighted by Gasteiger charge is 2.28. The maximum atomic E-state index is 11.1. The number of carboxylic acid groups (broad SMARTS) is 1. The van der Waals surface area contributed by atoms with E-state index >= 15 is 0 Å². The molecule has 1 aromatic carbocycles. The third-order valence-electron chi connectivity index (χ3n) is 4.39. The Morgan fingerprint density at radius 2 is 2.00 bits per heavy atom. The van der Waals surface area contributed by atoms with Crippen molar-refractivity contribution in [3.63, 3.8) is 0 Å². The lowest BCUT2D eigenvalue weighted by Gasteiger charge is -2.42. The minimum Gasteiger partial charge on any atom is -0.478 e. The van der Waals surface area contributed by atoms with Gasteiger partial charge in [-0.25, -0.2) is 4.79 Å². The average molecular weight is 277 g/mol. The van der Waals surface area contributed by atoms with Gasteiger partial charge in [-0.05, 0) is 37.1 Å². The van der Waals surface area contributed by atoms with Crippen molar-refractivity contribution in [1.82, 2.24) is 0 Å². The lowest BCUT2D eigenvalue weighted by Crippen LogP contribution is -2.57. The van der Waals surface area contributed by atoms with Gasteiger partial charge in [0, 0.05) is 5.69 Å². The highest BCUT2D eigenvalue weighted by molar-refractivity contribution is 5.89. The van der Waals surface area contributed by atoms with Crippen LogP contribution in [0, 0.1) is 6.92 Å². The van der Waals surface area contributed by atoms with E-state index in [1.54, 1.807) is 6.07 Å². The van der Waals surface area contributed by atoms with Gasteiger partial charge >= 0.3 is 5.97 Å². The number of carboxylic acids is 1. The zero-order chi connectivity index (χ0) is 14.8. The molecule has 2 rings (SSSR count). The highest BCUT2D eigenvalue weighted by Crippen LogP contribution is 2.22. The van der Waals surface area contributed by atoms with E-state index in [0.29, 0.717) is 5.56 Å². The Labute approximate surface area is 121 Å². The number of anilines is 1. The molecule has 1 aliphatic heterocycles. The summed E-state index contributed by atoms with van der Waals surface area (Å²) in [6.07, 6.45) is 1.23. The van der Waals surface area contributed by atoms with Crippen LogP contribution in [0.3, 0.4) is 0 Å². The zero-order valence-electron chi connectivity index (χ0n) is 12.7. The first kappa shape index (κ1) is 14.9. The van der Waals surface area contributed by atoms with E-state index in [2.05, 4.69) is 18.9 Å². The summed E-state index contributed by atoms with van der Waals surface area (Å²) in [7, 11) is 2.33. The zero-order valence-corrected chi connectivity index (χ0v) is 12.7. The predicted molar refractivity (Wildman–Crippen MR) is 81.4 cm³/mol. The maximum absolute atomic E-state index is 11.1. The van der Waals surface area contributed by atoms with Crippen molar-refractivity contribution in [3.8, 4) is 0 Å². The smallest absolute Gasteiger partial charge is 0.335 e. The van der Waals surface area contributed by atoms with E-state index in [4.69, 9.17) is 5.11 Å². The number of likely N-dealkylation sites (N-methyl/N-ethyl adjacent to an activating group) is 1. The normalized spacial score (nSPS) is 18.1. The monoisotopic (exact) mass is 277 g/mol. The SMILES string of the molecule is CCC[N+]1(C)CCN(c2ccc(C(=O)O)c(C)c2)CC1. The van der Waals surface area contributed by atoms with Gasteiger partial charge in [0.15, 0.2) is 0 Å². The van der Waals surface area contributed by atoms with Crippen molar-refractivity contribution >= 4 is 11.7 Å². The predicted octanol–water partition coefficient (Wildman–Crippen LogP) is 2.37. The summed E-state index contributed by atoms with van der Waals surface area (Å²) in [5, 5.41) is 9.08. The van der Waals surface area contributed by atoms with Crippen LogP contribution in [0.2, 0.25) is 0 Å². The van der Waals surface area contributed by atoms with Crippen molar-refractivity contribution < 1.29 is 14.4 Å². The Kier molecular flexibility index (Phi) is 4.33. The quantitative estimate of drug-likeness (QED) is 0.859. The molecule has 110 valence electrons. The molecule has 0 radical (unpaired) electrons. The van der Waals surface area contributed by atoms with Gasteiger partial charge in [0.2, 0.25) is 0 Å². The van der Waals surface area contributed by atoms with E-state index in [1.807, 2.05) is 19.1 Å².